The molecule has 0 heterocycles. The zero-order valence-electron chi connectivity index (χ0n) is 9.37. The standard InChI is InChI=1S/C15H18/c1-11(12-7-3-2-4-8-12)15-13-9-5-6-10-14(13)15/h2-4,7-8,13-14H,5-6,9-10H2,1H3. The molecule has 2 unspecified atom stereocenters. The minimum Gasteiger partial charge on any atom is -0.0622 e. The van der Waals surface area contributed by atoms with Gasteiger partial charge in [0.25, 0.3) is 0 Å². The average molecular weight is 198 g/mol. The Labute approximate surface area is 92.0 Å². The van der Waals surface area contributed by atoms with E-state index in [4.69, 9.17) is 0 Å². The summed E-state index contributed by atoms with van der Waals surface area (Å²) in [5.41, 5.74) is 4.77. The van der Waals surface area contributed by atoms with E-state index in [0.717, 1.165) is 11.8 Å². The lowest BCUT2D eigenvalue weighted by atomic mass is 10.0. The van der Waals surface area contributed by atoms with Crippen molar-refractivity contribution in [3.8, 4) is 0 Å². The van der Waals surface area contributed by atoms with Crippen molar-refractivity contribution in [2.24, 2.45) is 11.8 Å². The Morgan fingerprint density at radius 1 is 1.00 bits per heavy atom. The van der Waals surface area contributed by atoms with Crippen LogP contribution < -0.4 is 0 Å². The van der Waals surface area contributed by atoms with Gasteiger partial charge in [-0.05, 0) is 42.7 Å². The highest BCUT2D eigenvalue weighted by Crippen LogP contribution is 2.57. The molecule has 0 radical (unpaired) electrons. The Bertz CT molecular complexity index is 372. The fraction of sp³-hybridized carbons (Fsp3) is 0.467. The Balaban J connectivity index is 1.92. The second-order valence-corrected chi connectivity index (χ2v) is 4.94. The largest absolute Gasteiger partial charge is 0.0622 e. The number of fused-ring (bicyclic) bond motifs is 1. The van der Waals surface area contributed by atoms with Crippen molar-refractivity contribution in [1.29, 1.82) is 0 Å². The molecular weight excluding hydrogens is 180 g/mol. The highest BCUT2D eigenvalue weighted by molar-refractivity contribution is 5.71. The van der Waals surface area contributed by atoms with Crippen molar-refractivity contribution in [2.75, 3.05) is 0 Å². The zero-order valence-corrected chi connectivity index (χ0v) is 9.37. The third-order valence-corrected chi connectivity index (χ3v) is 4.10. The van der Waals surface area contributed by atoms with Crippen LogP contribution in [0.25, 0.3) is 5.57 Å². The average Bonchev–Trinajstić information content (AvgIpc) is 3.03. The predicted molar refractivity (Wildman–Crippen MR) is 64.5 cm³/mol. The van der Waals surface area contributed by atoms with Gasteiger partial charge in [0.1, 0.15) is 0 Å². The molecule has 0 bridgehead atoms. The van der Waals surface area contributed by atoms with Crippen molar-refractivity contribution in [3.63, 3.8) is 0 Å². The van der Waals surface area contributed by atoms with E-state index in [9.17, 15) is 0 Å². The van der Waals surface area contributed by atoms with Gasteiger partial charge in [0, 0.05) is 0 Å². The molecule has 2 aliphatic carbocycles. The van der Waals surface area contributed by atoms with Crippen LogP contribution in [0, 0.1) is 11.8 Å². The topological polar surface area (TPSA) is 0 Å². The quantitative estimate of drug-likeness (QED) is 0.632. The number of benzene rings is 1. The van der Waals surface area contributed by atoms with Crippen molar-refractivity contribution < 1.29 is 0 Å². The number of rotatable bonds is 1. The van der Waals surface area contributed by atoms with Gasteiger partial charge in [-0.15, -0.1) is 0 Å². The summed E-state index contributed by atoms with van der Waals surface area (Å²) < 4.78 is 0. The van der Waals surface area contributed by atoms with E-state index >= 15 is 0 Å². The van der Waals surface area contributed by atoms with Gasteiger partial charge in [0.05, 0.1) is 0 Å². The van der Waals surface area contributed by atoms with Crippen molar-refractivity contribution in [1.82, 2.24) is 0 Å². The second-order valence-electron chi connectivity index (χ2n) is 4.94. The van der Waals surface area contributed by atoms with Gasteiger partial charge in [-0.2, -0.15) is 0 Å². The Kier molecular flexibility index (Phi) is 2.16. The summed E-state index contributed by atoms with van der Waals surface area (Å²) in [4.78, 5) is 0. The smallest absolute Gasteiger partial charge is 0.0128 e. The Morgan fingerprint density at radius 3 is 2.20 bits per heavy atom. The minimum atomic E-state index is 0.957. The third-order valence-electron chi connectivity index (χ3n) is 4.10. The molecule has 3 rings (SSSR count). The monoisotopic (exact) mass is 198 g/mol. The van der Waals surface area contributed by atoms with E-state index in [-0.39, 0.29) is 0 Å². The SMILES string of the molecule is CC(=C1C2CCCCC12)c1ccccc1. The molecule has 0 nitrogen and oxygen atoms in total. The minimum absolute atomic E-state index is 0.957. The molecule has 0 amide bonds. The molecule has 0 saturated heterocycles. The van der Waals surface area contributed by atoms with Crippen molar-refractivity contribution in [3.05, 3.63) is 41.5 Å². The zero-order chi connectivity index (χ0) is 10.3. The molecule has 2 atom stereocenters. The summed E-state index contributed by atoms with van der Waals surface area (Å²) in [5.74, 6) is 1.91. The molecule has 0 heteroatoms. The summed E-state index contributed by atoms with van der Waals surface area (Å²) in [7, 11) is 0. The van der Waals surface area contributed by atoms with E-state index in [2.05, 4.69) is 37.3 Å². The first kappa shape index (κ1) is 9.21. The maximum atomic E-state index is 2.31. The summed E-state index contributed by atoms with van der Waals surface area (Å²) in [6, 6.07) is 10.9. The number of hydrogen-bond acceptors (Lipinski definition) is 0. The molecule has 2 saturated carbocycles. The highest BCUT2D eigenvalue weighted by Gasteiger charge is 2.45. The van der Waals surface area contributed by atoms with Gasteiger partial charge < -0.3 is 0 Å². The molecule has 78 valence electrons. The molecule has 0 spiro atoms. The summed E-state index contributed by atoms with van der Waals surface area (Å²) >= 11 is 0. The van der Waals surface area contributed by atoms with E-state index in [1.165, 1.54) is 31.2 Å². The third kappa shape index (κ3) is 1.52. The van der Waals surface area contributed by atoms with Crippen LogP contribution in [0.4, 0.5) is 0 Å². The summed E-state index contributed by atoms with van der Waals surface area (Å²) in [5, 5.41) is 0. The summed E-state index contributed by atoms with van der Waals surface area (Å²) in [6.07, 6.45) is 5.80. The van der Waals surface area contributed by atoms with Crippen molar-refractivity contribution in [2.45, 2.75) is 32.6 Å². The fourth-order valence-electron chi connectivity index (χ4n) is 3.23. The first-order valence-corrected chi connectivity index (χ1v) is 6.14. The van der Waals surface area contributed by atoms with Crippen LogP contribution in [-0.4, -0.2) is 0 Å². The molecule has 2 aliphatic rings. The van der Waals surface area contributed by atoms with Crippen LogP contribution in [0.3, 0.4) is 0 Å². The Morgan fingerprint density at radius 2 is 1.60 bits per heavy atom. The van der Waals surface area contributed by atoms with Crippen molar-refractivity contribution >= 4 is 5.57 Å². The molecular formula is C15H18. The van der Waals surface area contributed by atoms with E-state index < -0.39 is 0 Å². The van der Waals surface area contributed by atoms with Crippen LogP contribution in [0.1, 0.15) is 38.2 Å². The van der Waals surface area contributed by atoms with Gasteiger partial charge in [0.15, 0.2) is 0 Å². The highest BCUT2D eigenvalue weighted by atomic mass is 14.5. The molecule has 1 aromatic rings. The van der Waals surface area contributed by atoms with Crippen LogP contribution in [0.5, 0.6) is 0 Å². The maximum absolute atomic E-state index is 2.31. The van der Waals surface area contributed by atoms with E-state index in [0.29, 0.717) is 0 Å². The van der Waals surface area contributed by atoms with Gasteiger partial charge >= 0.3 is 0 Å². The summed E-state index contributed by atoms with van der Waals surface area (Å²) in [6.45, 7) is 2.31. The van der Waals surface area contributed by atoms with Gasteiger partial charge in [0.2, 0.25) is 0 Å². The molecule has 15 heavy (non-hydrogen) atoms. The predicted octanol–water partition coefficient (Wildman–Crippen LogP) is 4.28. The first-order valence-electron chi connectivity index (χ1n) is 6.14. The van der Waals surface area contributed by atoms with Crippen LogP contribution >= 0.6 is 0 Å². The van der Waals surface area contributed by atoms with Crippen LogP contribution in [0.2, 0.25) is 0 Å². The fourth-order valence-corrected chi connectivity index (χ4v) is 3.23. The number of allylic oxidation sites excluding steroid dienone is 2. The molecule has 0 N–H and O–H groups in total. The first-order chi connectivity index (χ1) is 7.38. The lowest BCUT2D eigenvalue weighted by Gasteiger charge is -2.04. The second kappa shape index (κ2) is 3.52. The van der Waals surface area contributed by atoms with Gasteiger partial charge in [-0.3, -0.25) is 0 Å². The van der Waals surface area contributed by atoms with E-state index in [1.54, 1.807) is 11.1 Å². The molecule has 2 fully saturated rings. The molecule has 1 aromatic carbocycles. The lowest BCUT2D eigenvalue weighted by Crippen LogP contribution is -1.91. The normalized spacial score (nSPS) is 28.5. The Hall–Kier alpha value is -1.04. The number of hydrogen-bond donors (Lipinski definition) is 0. The molecule has 0 aliphatic heterocycles. The van der Waals surface area contributed by atoms with Crippen LogP contribution in [-0.2, 0) is 0 Å². The van der Waals surface area contributed by atoms with Crippen LogP contribution in [0.15, 0.2) is 35.9 Å². The van der Waals surface area contributed by atoms with Gasteiger partial charge in [-0.25, -0.2) is 0 Å². The van der Waals surface area contributed by atoms with E-state index in [1.807, 2.05) is 0 Å². The van der Waals surface area contributed by atoms with Gasteiger partial charge in [-0.1, -0.05) is 48.7 Å². The maximum Gasteiger partial charge on any atom is -0.0128 e. The lowest BCUT2D eigenvalue weighted by molar-refractivity contribution is 0.480. The molecule has 0 aromatic heterocycles.